The van der Waals surface area contributed by atoms with Crippen LogP contribution in [-0.2, 0) is 19.0 Å². The monoisotopic (exact) mass is 678 g/mol. The third kappa shape index (κ3) is 16.7. The predicted molar refractivity (Wildman–Crippen MR) is 186 cm³/mol. The number of carbonyl (C=O) groups excluding carboxylic acids is 2. The van der Waals surface area contributed by atoms with Crippen LogP contribution in [0.2, 0.25) is 0 Å². The average molecular weight is 679 g/mol. The van der Waals surface area contributed by atoms with Crippen LogP contribution in [0.5, 0.6) is 5.75 Å². The molecule has 1 amide bonds. The number of ether oxygens (including phenoxy) is 4. The van der Waals surface area contributed by atoms with E-state index in [4.69, 9.17) is 30.4 Å². The number of rotatable bonds is 27. The van der Waals surface area contributed by atoms with Crippen LogP contribution < -0.4 is 21.5 Å². The molecule has 1 aromatic rings. The van der Waals surface area contributed by atoms with E-state index in [1.807, 2.05) is 26.0 Å². The van der Waals surface area contributed by atoms with E-state index in [1.54, 1.807) is 6.08 Å². The Bertz CT molecular complexity index is 1170. The highest BCUT2D eigenvalue weighted by molar-refractivity contribution is 5.95. The second-order valence-electron chi connectivity index (χ2n) is 10.8. The number of nitrogens with one attached hydrogen (secondary N) is 1. The lowest BCUT2D eigenvalue weighted by Crippen LogP contribution is -2.31. The minimum Gasteiger partial charge on any atom is -0.423 e. The molecule has 10 nitrogen and oxygen atoms in total. The molecule has 1 unspecified atom stereocenters. The van der Waals surface area contributed by atoms with Gasteiger partial charge in [-0.2, -0.15) is 0 Å². The van der Waals surface area contributed by atoms with Gasteiger partial charge in [0.05, 0.1) is 39.6 Å². The van der Waals surface area contributed by atoms with Gasteiger partial charge in [0.2, 0.25) is 0 Å². The lowest BCUT2D eigenvalue weighted by molar-refractivity contribution is -0.130. The maximum atomic E-state index is 14.9. The molecule has 0 aliphatic carbocycles. The number of nitrogens with two attached hydrogens (primary N) is 2. The predicted octanol–water partition coefficient (Wildman–Crippen LogP) is 4.70. The van der Waals surface area contributed by atoms with E-state index in [2.05, 4.69) is 29.8 Å². The standard InChI is InChI=1S/C36H56F2N4O6/c1-5-9-17-42(19-14-39)18-11-10-13-28(7-3)30(8-4)31(12-6-2)36(44)48-29-26-32(37)34(33(38)27-29)35(43)41-16-21-46-23-25-47-24-22-45-20-15-40/h6-7,10,12-13,26-27,30H,2,5,8-9,11,14-25,39-40H2,1,3-4H3,(H,41,43)/b13-10-,28-7+,31-12+. The first-order valence-corrected chi connectivity index (χ1v) is 16.8. The molecule has 0 heterocycles. The highest BCUT2D eigenvalue weighted by atomic mass is 19.1. The van der Waals surface area contributed by atoms with Gasteiger partial charge in [-0.3, -0.25) is 4.79 Å². The topological polar surface area (TPSA) is 138 Å². The van der Waals surface area contributed by atoms with E-state index in [0.29, 0.717) is 45.9 Å². The number of hydrogen-bond donors (Lipinski definition) is 3. The molecule has 1 aromatic carbocycles. The Kier molecular flexibility index (Phi) is 23.8. The van der Waals surface area contributed by atoms with Gasteiger partial charge in [-0.1, -0.05) is 57.2 Å². The van der Waals surface area contributed by atoms with Crippen molar-refractivity contribution >= 4 is 11.9 Å². The van der Waals surface area contributed by atoms with Crippen LogP contribution in [0.3, 0.4) is 0 Å². The number of hydrogen-bond acceptors (Lipinski definition) is 9. The van der Waals surface area contributed by atoms with Gasteiger partial charge in [0.15, 0.2) is 0 Å². The number of allylic oxidation sites excluding steroid dienone is 5. The summed E-state index contributed by atoms with van der Waals surface area (Å²) in [4.78, 5) is 28.1. The maximum absolute atomic E-state index is 14.9. The van der Waals surface area contributed by atoms with Gasteiger partial charge >= 0.3 is 5.97 Å². The second kappa shape index (κ2) is 26.7. The van der Waals surface area contributed by atoms with Crippen LogP contribution in [0.15, 0.2) is 60.2 Å². The Hall–Kier alpha value is -3.26. The van der Waals surface area contributed by atoms with E-state index in [9.17, 15) is 18.4 Å². The van der Waals surface area contributed by atoms with Gasteiger partial charge in [-0.15, -0.1) is 0 Å². The third-order valence-corrected chi connectivity index (χ3v) is 7.24. The van der Waals surface area contributed by atoms with Crippen molar-refractivity contribution in [3.05, 3.63) is 77.4 Å². The Labute approximate surface area is 285 Å². The zero-order valence-electron chi connectivity index (χ0n) is 28.9. The summed E-state index contributed by atoms with van der Waals surface area (Å²) >= 11 is 0. The lowest BCUT2D eigenvalue weighted by atomic mass is 9.87. The largest absolute Gasteiger partial charge is 0.423 e. The lowest BCUT2D eigenvalue weighted by Gasteiger charge is -2.21. The Morgan fingerprint density at radius 2 is 1.60 bits per heavy atom. The number of benzene rings is 1. The van der Waals surface area contributed by atoms with Gasteiger partial charge in [0, 0.05) is 56.3 Å². The van der Waals surface area contributed by atoms with E-state index >= 15 is 0 Å². The molecule has 0 radical (unpaired) electrons. The van der Waals surface area contributed by atoms with Crippen molar-refractivity contribution in [3.63, 3.8) is 0 Å². The number of esters is 1. The molecule has 0 aromatic heterocycles. The molecule has 1 rings (SSSR count). The number of carbonyl (C=O) groups is 2. The van der Waals surface area contributed by atoms with Crippen LogP contribution in [0.25, 0.3) is 0 Å². The molecule has 0 fully saturated rings. The van der Waals surface area contributed by atoms with Crippen LogP contribution in [0, 0.1) is 17.6 Å². The summed E-state index contributed by atoms with van der Waals surface area (Å²) in [5, 5.41) is 2.42. The van der Waals surface area contributed by atoms with E-state index in [-0.39, 0.29) is 37.0 Å². The van der Waals surface area contributed by atoms with Crippen molar-refractivity contribution in [2.45, 2.75) is 46.5 Å². The SMILES string of the molecule is C=C/C=C(/C(=O)Oc1cc(F)c(C(=O)NCCOCCOCCOCCN)c(F)c1)C(CC)C(/C=C\CCN(CCN)CCCC)=C/C. The quantitative estimate of drug-likeness (QED) is 0.0398. The van der Waals surface area contributed by atoms with Crippen LogP contribution in [0.4, 0.5) is 8.78 Å². The smallest absolute Gasteiger partial charge is 0.340 e. The fourth-order valence-corrected chi connectivity index (χ4v) is 4.82. The van der Waals surface area contributed by atoms with E-state index in [0.717, 1.165) is 56.6 Å². The zero-order chi connectivity index (χ0) is 35.6. The minimum absolute atomic E-state index is 0.0225. The number of halogens is 2. The van der Waals surface area contributed by atoms with Gasteiger partial charge < -0.3 is 40.6 Å². The van der Waals surface area contributed by atoms with Gasteiger partial charge in [0.1, 0.15) is 22.9 Å². The molecule has 270 valence electrons. The van der Waals surface area contributed by atoms with Crippen LogP contribution in [0.1, 0.15) is 56.8 Å². The highest BCUT2D eigenvalue weighted by Crippen LogP contribution is 2.28. The van der Waals surface area contributed by atoms with Gasteiger partial charge in [-0.25, -0.2) is 13.6 Å². The Balaban J connectivity index is 2.79. The second-order valence-corrected chi connectivity index (χ2v) is 10.8. The normalized spacial score (nSPS) is 12.9. The zero-order valence-corrected chi connectivity index (χ0v) is 28.9. The van der Waals surface area contributed by atoms with Crippen molar-refractivity contribution in [2.24, 2.45) is 17.4 Å². The van der Waals surface area contributed by atoms with Crippen LogP contribution in [-0.4, -0.2) is 95.7 Å². The summed E-state index contributed by atoms with van der Waals surface area (Å²) in [5.41, 5.74) is 11.5. The molecule has 5 N–H and O–H groups in total. The molecule has 48 heavy (non-hydrogen) atoms. The molecule has 0 saturated carbocycles. The minimum atomic E-state index is -1.16. The molecular weight excluding hydrogens is 622 g/mol. The maximum Gasteiger partial charge on any atom is 0.340 e. The molecule has 12 heteroatoms. The molecule has 0 aliphatic heterocycles. The third-order valence-electron chi connectivity index (χ3n) is 7.24. The summed E-state index contributed by atoms with van der Waals surface area (Å²) in [6.45, 7) is 15.5. The summed E-state index contributed by atoms with van der Waals surface area (Å²) < 4.78 is 51.1. The first-order chi connectivity index (χ1) is 23.3. The van der Waals surface area contributed by atoms with Crippen molar-refractivity contribution in [1.29, 1.82) is 0 Å². The van der Waals surface area contributed by atoms with Crippen molar-refractivity contribution in [2.75, 3.05) is 78.9 Å². The Morgan fingerprint density at radius 3 is 2.17 bits per heavy atom. The fraction of sp³-hybridized carbons (Fsp3) is 0.556. The first-order valence-electron chi connectivity index (χ1n) is 16.8. The van der Waals surface area contributed by atoms with Crippen molar-refractivity contribution < 1.29 is 37.3 Å². The van der Waals surface area contributed by atoms with E-state index in [1.165, 1.54) is 6.08 Å². The summed E-state index contributed by atoms with van der Waals surface area (Å²) in [6.07, 6.45) is 12.6. The molecule has 1 atom stereocenters. The number of unbranched alkanes of at least 4 members (excludes halogenated alkanes) is 1. The molecule has 0 bridgehead atoms. The molecular formula is C36H56F2N4O6. The summed E-state index contributed by atoms with van der Waals surface area (Å²) in [5.74, 6) is -4.77. The average Bonchev–Trinajstić information content (AvgIpc) is 3.06. The fourth-order valence-electron chi connectivity index (χ4n) is 4.82. The van der Waals surface area contributed by atoms with E-state index < -0.39 is 29.1 Å². The summed E-state index contributed by atoms with van der Waals surface area (Å²) in [6, 6.07) is 1.63. The molecule has 0 saturated heterocycles. The number of amides is 1. The number of nitrogens with zero attached hydrogens (tertiary/aromatic N) is 1. The van der Waals surface area contributed by atoms with Gasteiger partial charge in [0.25, 0.3) is 5.91 Å². The Morgan fingerprint density at radius 1 is 0.958 bits per heavy atom. The summed E-state index contributed by atoms with van der Waals surface area (Å²) in [7, 11) is 0. The highest BCUT2D eigenvalue weighted by Gasteiger charge is 2.25. The van der Waals surface area contributed by atoms with Crippen molar-refractivity contribution in [1.82, 2.24) is 10.2 Å². The van der Waals surface area contributed by atoms with Gasteiger partial charge in [-0.05, 0) is 38.3 Å². The van der Waals surface area contributed by atoms with Crippen molar-refractivity contribution in [3.8, 4) is 5.75 Å². The molecule has 0 spiro atoms. The molecule has 0 aliphatic rings. The van der Waals surface area contributed by atoms with Crippen LogP contribution >= 0.6 is 0 Å². The first kappa shape index (κ1) is 42.8.